The average molecular weight is 212 g/mol. The number of methoxy groups -OCH3 is 1. The van der Waals surface area contributed by atoms with E-state index in [9.17, 15) is 4.79 Å². The highest BCUT2D eigenvalue weighted by molar-refractivity contribution is 5.80. The molecule has 0 spiro atoms. The van der Waals surface area contributed by atoms with Gasteiger partial charge in [-0.25, -0.2) is 0 Å². The second-order valence-electron chi connectivity index (χ2n) is 4.79. The van der Waals surface area contributed by atoms with E-state index in [1.807, 2.05) is 4.90 Å². The highest BCUT2D eigenvalue weighted by Gasteiger charge is 2.36. The van der Waals surface area contributed by atoms with Gasteiger partial charge in [-0.15, -0.1) is 0 Å². The van der Waals surface area contributed by atoms with E-state index in [0.29, 0.717) is 17.7 Å². The van der Waals surface area contributed by atoms with Crippen LogP contribution >= 0.6 is 0 Å². The Balaban J connectivity index is 1.87. The molecule has 2 atom stereocenters. The normalized spacial score (nSPS) is 31.7. The lowest BCUT2D eigenvalue weighted by Gasteiger charge is -2.30. The van der Waals surface area contributed by atoms with Crippen molar-refractivity contribution < 1.29 is 9.53 Å². The first-order valence-electron chi connectivity index (χ1n) is 5.70. The van der Waals surface area contributed by atoms with Crippen LogP contribution in [0.4, 0.5) is 0 Å². The third kappa shape index (κ3) is 2.16. The van der Waals surface area contributed by atoms with E-state index in [1.54, 1.807) is 7.11 Å². The molecule has 2 aliphatic rings. The number of rotatable bonds is 3. The number of nitrogens with one attached hydrogen (secondary N) is 1. The number of likely N-dealkylation sites (tertiary alicyclic amines) is 1. The second kappa shape index (κ2) is 4.49. The molecule has 2 aliphatic heterocycles. The number of hydrogen-bond acceptors (Lipinski definition) is 3. The third-order valence-electron chi connectivity index (χ3n) is 3.59. The Kier molecular flexibility index (Phi) is 3.26. The van der Waals surface area contributed by atoms with Gasteiger partial charge >= 0.3 is 0 Å². The summed E-state index contributed by atoms with van der Waals surface area (Å²) in [5.74, 6) is 1.66. The summed E-state index contributed by atoms with van der Waals surface area (Å²) < 4.78 is 5.17. The topological polar surface area (TPSA) is 41.6 Å². The van der Waals surface area contributed by atoms with Crippen LogP contribution in [0.2, 0.25) is 0 Å². The maximum atomic E-state index is 12.0. The largest absolute Gasteiger partial charge is 0.384 e. The first kappa shape index (κ1) is 10.9. The Morgan fingerprint density at radius 1 is 1.47 bits per heavy atom. The molecular formula is C11H20N2O2. The molecule has 0 bridgehead atoms. The molecule has 0 saturated carbocycles. The van der Waals surface area contributed by atoms with E-state index < -0.39 is 0 Å². The lowest BCUT2D eigenvalue weighted by molar-refractivity contribution is -0.136. The summed E-state index contributed by atoms with van der Waals surface area (Å²) in [5.41, 5.74) is 0. The molecule has 2 heterocycles. The lowest BCUT2D eigenvalue weighted by Crippen LogP contribution is -2.51. The van der Waals surface area contributed by atoms with Crippen LogP contribution < -0.4 is 5.32 Å². The summed E-state index contributed by atoms with van der Waals surface area (Å²) >= 11 is 0. The zero-order valence-corrected chi connectivity index (χ0v) is 9.53. The number of carbonyl (C=O) groups excluding carboxylic acids is 1. The zero-order chi connectivity index (χ0) is 10.8. The molecule has 0 unspecified atom stereocenters. The molecule has 4 heteroatoms. The van der Waals surface area contributed by atoms with Gasteiger partial charge in [-0.05, 0) is 5.92 Å². The molecular weight excluding hydrogens is 192 g/mol. The van der Waals surface area contributed by atoms with Gasteiger partial charge in [0.05, 0.1) is 12.5 Å². The van der Waals surface area contributed by atoms with Gasteiger partial charge in [0.15, 0.2) is 0 Å². The molecule has 1 amide bonds. The smallest absolute Gasteiger partial charge is 0.228 e. The van der Waals surface area contributed by atoms with Crippen LogP contribution in [-0.4, -0.2) is 50.7 Å². The fourth-order valence-corrected chi connectivity index (χ4v) is 2.37. The fraction of sp³-hybridized carbons (Fsp3) is 0.909. The monoisotopic (exact) mass is 212 g/mol. The van der Waals surface area contributed by atoms with E-state index in [-0.39, 0.29) is 5.92 Å². The molecule has 2 rings (SSSR count). The molecule has 0 aromatic rings. The highest BCUT2D eigenvalue weighted by Crippen LogP contribution is 2.25. The zero-order valence-electron chi connectivity index (χ0n) is 9.53. The number of amides is 1. The van der Waals surface area contributed by atoms with Crippen molar-refractivity contribution in [2.45, 2.75) is 6.92 Å². The van der Waals surface area contributed by atoms with Crippen LogP contribution in [0.5, 0.6) is 0 Å². The Bertz CT molecular complexity index is 241. The molecule has 0 aromatic carbocycles. The SMILES string of the molecule is COC[C@@H]1CN(C(=O)C2CNC2)C[C@@H]1C. The predicted molar refractivity (Wildman–Crippen MR) is 57.5 cm³/mol. The molecule has 15 heavy (non-hydrogen) atoms. The van der Waals surface area contributed by atoms with Crippen LogP contribution in [0.15, 0.2) is 0 Å². The van der Waals surface area contributed by atoms with Crippen LogP contribution in [0.1, 0.15) is 6.92 Å². The van der Waals surface area contributed by atoms with Crippen molar-refractivity contribution in [3.05, 3.63) is 0 Å². The maximum Gasteiger partial charge on any atom is 0.228 e. The van der Waals surface area contributed by atoms with Gasteiger partial charge in [-0.3, -0.25) is 4.79 Å². The van der Waals surface area contributed by atoms with Crippen LogP contribution in [-0.2, 0) is 9.53 Å². The quantitative estimate of drug-likeness (QED) is 0.713. The molecule has 4 nitrogen and oxygen atoms in total. The van der Waals surface area contributed by atoms with Crippen molar-refractivity contribution in [2.75, 3.05) is 39.9 Å². The summed E-state index contributed by atoms with van der Waals surface area (Å²) in [7, 11) is 1.73. The summed E-state index contributed by atoms with van der Waals surface area (Å²) in [6.45, 7) is 6.48. The average Bonchev–Trinajstić information content (AvgIpc) is 2.46. The molecule has 2 fully saturated rings. The van der Waals surface area contributed by atoms with Gasteiger partial charge < -0.3 is 15.0 Å². The Labute approximate surface area is 91.0 Å². The molecule has 2 saturated heterocycles. The van der Waals surface area contributed by atoms with Gasteiger partial charge in [-0.1, -0.05) is 6.92 Å². The molecule has 86 valence electrons. The van der Waals surface area contributed by atoms with Gasteiger partial charge in [-0.2, -0.15) is 0 Å². The summed E-state index contributed by atoms with van der Waals surface area (Å²) in [4.78, 5) is 14.0. The predicted octanol–water partition coefficient (Wildman–Crippen LogP) is -0.0533. The van der Waals surface area contributed by atoms with Crippen molar-refractivity contribution in [1.29, 1.82) is 0 Å². The molecule has 0 aliphatic carbocycles. The van der Waals surface area contributed by atoms with Crippen molar-refractivity contribution in [3.63, 3.8) is 0 Å². The van der Waals surface area contributed by atoms with E-state index in [4.69, 9.17) is 4.74 Å². The molecule has 0 aromatic heterocycles. The number of ether oxygens (including phenoxy) is 1. The highest BCUT2D eigenvalue weighted by atomic mass is 16.5. The minimum atomic E-state index is 0.235. The van der Waals surface area contributed by atoms with Gasteiger partial charge in [0, 0.05) is 39.2 Å². The maximum absolute atomic E-state index is 12.0. The Hall–Kier alpha value is -0.610. The lowest BCUT2D eigenvalue weighted by atomic mass is 10.00. The van der Waals surface area contributed by atoms with Gasteiger partial charge in [0.2, 0.25) is 5.91 Å². The molecule has 1 N–H and O–H groups in total. The summed E-state index contributed by atoms with van der Waals surface area (Å²) in [5, 5.41) is 3.14. The van der Waals surface area contributed by atoms with Crippen LogP contribution in [0.25, 0.3) is 0 Å². The summed E-state index contributed by atoms with van der Waals surface area (Å²) in [6, 6.07) is 0. The Morgan fingerprint density at radius 3 is 2.73 bits per heavy atom. The second-order valence-corrected chi connectivity index (χ2v) is 4.79. The minimum Gasteiger partial charge on any atom is -0.384 e. The van der Waals surface area contributed by atoms with E-state index >= 15 is 0 Å². The minimum absolute atomic E-state index is 0.235. The van der Waals surface area contributed by atoms with Crippen molar-refractivity contribution in [1.82, 2.24) is 10.2 Å². The number of carbonyl (C=O) groups is 1. The fourth-order valence-electron chi connectivity index (χ4n) is 2.37. The molecule has 0 radical (unpaired) electrons. The van der Waals surface area contributed by atoms with E-state index in [1.165, 1.54) is 0 Å². The van der Waals surface area contributed by atoms with Crippen molar-refractivity contribution in [3.8, 4) is 0 Å². The first-order chi connectivity index (χ1) is 7.22. The standard InChI is InChI=1S/C11H20N2O2/c1-8-5-13(6-10(8)7-15-2)11(14)9-3-12-4-9/h8-10,12H,3-7H2,1-2H3/t8-,10-/m0/s1. The van der Waals surface area contributed by atoms with E-state index in [0.717, 1.165) is 32.8 Å². The van der Waals surface area contributed by atoms with Crippen molar-refractivity contribution >= 4 is 5.91 Å². The number of nitrogens with zero attached hydrogens (tertiary/aromatic N) is 1. The van der Waals surface area contributed by atoms with Gasteiger partial charge in [0.1, 0.15) is 0 Å². The first-order valence-corrected chi connectivity index (χ1v) is 5.70. The van der Waals surface area contributed by atoms with Crippen molar-refractivity contribution in [2.24, 2.45) is 17.8 Å². The van der Waals surface area contributed by atoms with E-state index in [2.05, 4.69) is 12.2 Å². The Morgan fingerprint density at radius 2 is 2.20 bits per heavy atom. The third-order valence-corrected chi connectivity index (χ3v) is 3.59. The van der Waals surface area contributed by atoms with Crippen LogP contribution in [0.3, 0.4) is 0 Å². The van der Waals surface area contributed by atoms with Crippen LogP contribution in [0, 0.1) is 17.8 Å². The summed E-state index contributed by atoms with van der Waals surface area (Å²) in [6.07, 6.45) is 0. The number of hydrogen-bond donors (Lipinski definition) is 1. The van der Waals surface area contributed by atoms with Gasteiger partial charge in [0.25, 0.3) is 0 Å².